The van der Waals surface area contributed by atoms with E-state index < -0.39 is 0 Å². The van der Waals surface area contributed by atoms with E-state index in [1.807, 2.05) is 6.07 Å². The van der Waals surface area contributed by atoms with E-state index in [-0.39, 0.29) is 0 Å². The van der Waals surface area contributed by atoms with Crippen molar-refractivity contribution in [3.8, 4) is 0 Å². The molecule has 1 aromatic carbocycles. The first-order valence-electron chi connectivity index (χ1n) is 4.57. The third kappa shape index (κ3) is 1.45. The molecule has 12 heavy (non-hydrogen) atoms. The molecule has 0 atom stereocenters. The lowest BCUT2D eigenvalue weighted by atomic mass is 9.97. The van der Waals surface area contributed by atoms with Crippen molar-refractivity contribution in [1.29, 1.82) is 0 Å². The maximum atomic E-state index is 5.86. The van der Waals surface area contributed by atoms with Crippen molar-refractivity contribution in [3.05, 3.63) is 28.8 Å². The van der Waals surface area contributed by atoms with Crippen LogP contribution in [0.25, 0.3) is 0 Å². The summed E-state index contributed by atoms with van der Waals surface area (Å²) in [7, 11) is 0. The van der Waals surface area contributed by atoms with Crippen LogP contribution in [0.3, 0.4) is 0 Å². The highest BCUT2D eigenvalue weighted by molar-refractivity contribution is 5.53. The van der Waals surface area contributed by atoms with Crippen LogP contribution in [0.1, 0.15) is 30.5 Å². The summed E-state index contributed by atoms with van der Waals surface area (Å²) < 4.78 is 0. The summed E-state index contributed by atoms with van der Waals surface area (Å²) in [4.78, 5) is 0. The smallest absolute Gasteiger partial charge is 0.0349 e. The maximum absolute atomic E-state index is 5.86. The van der Waals surface area contributed by atoms with Crippen molar-refractivity contribution >= 4 is 5.69 Å². The fraction of sp³-hybridized carbons (Fsp3) is 0.455. The van der Waals surface area contributed by atoms with Crippen LogP contribution >= 0.6 is 0 Å². The maximum Gasteiger partial charge on any atom is 0.0349 e. The molecule has 0 saturated heterocycles. The SMILES string of the molecule is CCc1ccc(N)c(CC)c1C. The number of aryl methyl sites for hydroxylation is 1. The summed E-state index contributed by atoms with van der Waals surface area (Å²) in [6.07, 6.45) is 2.13. The summed E-state index contributed by atoms with van der Waals surface area (Å²) in [5.41, 5.74) is 10.9. The van der Waals surface area contributed by atoms with Gasteiger partial charge in [0.2, 0.25) is 0 Å². The zero-order valence-electron chi connectivity index (χ0n) is 8.15. The molecule has 1 rings (SSSR count). The van der Waals surface area contributed by atoms with Crippen LogP contribution in [-0.2, 0) is 12.8 Å². The van der Waals surface area contributed by atoms with Crippen molar-refractivity contribution < 1.29 is 0 Å². The normalized spacial score (nSPS) is 10.2. The third-order valence-corrected chi connectivity index (χ3v) is 2.48. The molecule has 0 unspecified atom stereocenters. The predicted octanol–water partition coefficient (Wildman–Crippen LogP) is 2.70. The van der Waals surface area contributed by atoms with Gasteiger partial charge in [-0.05, 0) is 42.5 Å². The molecule has 1 aromatic rings. The first kappa shape index (κ1) is 9.11. The van der Waals surface area contributed by atoms with E-state index in [4.69, 9.17) is 5.73 Å². The van der Waals surface area contributed by atoms with E-state index in [0.717, 1.165) is 18.5 Å². The minimum Gasteiger partial charge on any atom is -0.398 e. The van der Waals surface area contributed by atoms with Gasteiger partial charge < -0.3 is 5.73 Å². The predicted molar refractivity (Wildman–Crippen MR) is 54.3 cm³/mol. The van der Waals surface area contributed by atoms with Crippen LogP contribution in [0.2, 0.25) is 0 Å². The lowest BCUT2D eigenvalue weighted by molar-refractivity contribution is 1.05. The number of benzene rings is 1. The van der Waals surface area contributed by atoms with Gasteiger partial charge in [-0.25, -0.2) is 0 Å². The van der Waals surface area contributed by atoms with E-state index in [0.29, 0.717) is 0 Å². The third-order valence-electron chi connectivity index (χ3n) is 2.48. The van der Waals surface area contributed by atoms with Crippen LogP contribution in [0.4, 0.5) is 5.69 Å². The van der Waals surface area contributed by atoms with Crippen LogP contribution < -0.4 is 5.73 Å². The summed E-state index contributed by atoms with van der Waals surface area (Å²) in [5, 5.41) is 0. The lowest BCUT2D eigenvalue weighted by Crippen LogP contribution is -1.99. The Morgan fingerprint density at radius 1 is 1.17 bits per heavy atom. The number of anilines is 1. The molecule has 0 fully saturated rings. The van der Waals surface area contributed by atoms with Gasteiger partial charge in [-0.15, -0.1) is 0 Å². The highest BCUT2D eigenvalue weighted by Crippen LogP contribution is 2.21. The fourth-order valence-corrected chi connectivity index (χ4v) is 1.68. The van der Waals surface area contributed by atoms with Gasteiger partial charge in [0.25, 0.3) is 0 Å². The molecule has 0 radical (unpaired) electrons. The molecule has 0 heterocycles. The van der Waals surface area contributed by atoms with Gasteiger partial charge >= 0.3 is 0 Å². The Labute approximate surface area is 74.6 Å². The molecule has 0 aliphatic carbocycles. The molecule has 0 amide bonds. The van der Waals surface area contributed by atoms with Crippen molar-refractivity contribution in [2.75, 3.05) is 5.73 Å². The Balaban J connectivity index is 3.24. The molecule has 1 nitrogen and oxygen atoms in total. The molecule has 0 bridgehead atoms. The topological polar surface area (TPSA) is 26.0 Å². The summed E-state index contributed by atoms with van der Waals surface area (Å²) in [6.45, 7) is 6.49. The summed E-state index contributed by atoms with van der Waals surface area (Å²) in [5.74, 6) is 0. The van der Waals surface area contributed by atoms with Crippen molar-refractivity contribution in [1.82, 2.24) is 0 Å². The number of nitrogen functional groups attached to an aromatic ring is 1. The largest absolute Gasteiger partial charge is 0.398 e. The van der Waals surface area contributed by atoms with Crippen LogP contribution in [0.5, 0.6) is 0 Å². The molecule has 0 aliphatic rings. The Kier molecular flexibility index (Phi) is 2.74. The second-order valence-electron chi connectivity index (χ2n) is 3.12. The minimum atomic E-state index is 0.937. The molecule has 0 spiro atoms. The highest BCUT2D eigenvalue weighted by Gasteiger charge is 2.03. The first-order chi connectivity index (χ1) is 5.70. The fourth-order valence-electron chi connectivity index (χ4n) is 1.68. The number of rotatable bonds is 2. The van der Waals surface area contributed by atoms with Crippen molar-refractivity contribution in [2.45, 2.75) is 33.6 Å². The van der Waals surface area contributed by atoms with E-state index in [1.165, 1.54) is 16.7 Å². The zero-order chi connectivity index (χ0) is 9.14. The van der Waals surface area contributed by atoms with E-state index in [1.54, 1.807) is 0 Å². The van der Waals surface area contributed by atoms with Gasteiger partial charge in [0.1, 0.15) is 0 Å². The highest BCUT2D eigenvalue weighted by atomic mass is 14.6. The van der Waals surface area contributed by atoms with Crippen LogP contribution in [0, 0.1) is 6.92 Å². The number of hydrogen-bond donors (Lipinski definition) is 1. The average molecular weight is 163 g/mol. The number of hydrogen-bond acceptors (Lipinski definition) is 1. The van der Waals surface area contributed by atoms with E-state index >= 15 is 0 Å². The molecule has 2 N–H and O–H groups in total. The molecule has 1 heteroatoms. The van der Waals surface area contributed by atoms with E-state index in [2.05, 4.69) is 26.8 Å². The van der Waals surface area contributed by atoms with Gasteiger partial charge in [0.15, 0.2) is 0 Å². The summed E-state index contributed by atoms with van der Waals surface area (Å²) in [6, 6.07) is 4.15. The molecular formula is C11H17N. The Morgan fingerprint density at radius 2 is 1.83 bits per heavy atom. The Morgan fingerprint density at radius 3 is 2.33 bits per heavy atom. The summed E-state index contributed by atoms with van der Waals surface area (Å²) >= 11 is 0. The van der Waals surface area contributed by atoms with Crippen LogP contribution in [-0.4, -0.2) is 0 Å². The van der Waals surface area contributed by atoms with Gasteiger partial charge in [0, 0.05) is 5.69 Å². The van der Waals surface area contributed by atoms with Gasteiger partial charge in [0.05, 0.1) is 0 Å². The van der Waals surface area contributed by atoms with E-state index in [9.17, 15) is 0 Å². The van der Waals surface area contributed by atoms with Gasteiger partial charge in [-0.1, -0.05) is 19.9 Å². The Bertz CT molecular complexity index is 277. The lowest BCUT2D eigenvalue weighted by Gasteiger charge is -2.10. The second-order valence-corrected chi connectivity index (χ2v) is 3.12. The van der Waals surface area contributed by atoms with Crippen molar-refractivity contribution in [3.63, 3.8) is 0 Å². The second kappa shape index (κ2) is 3.61. The molecule has 66 valence electrons. The quantitative estimate of drug-likeness (QED) is 0.666. The Hall–Kier alpha value is -0.980. The number of nitrogens with two attached hydrogens (primary N) is 1. The monoisotopic (exact) mass is 163 g/mol. The van der Waals surface area contributed by atoms with Gasteiger partial charge in [-0.3, -0.25) is 0 Å². The molecule has 0 aromatic heterocycles. The standard InChI is InChI=1S/C11H17N/c1-4-9-6-7-11(12)10(5-2)8(9)3/h6-7H,4-5,12H2,1-3H3. The molecular weight excluding hydrogens is 146 g/mol. The van der Waals surface area contributed by atoms with Crippen molar-refractivity contribution in [2.24, 2.45) is 0 Å². The first-order valence-corrected chi connectivity index (χ1v) is 4.57. The average Bonchev–Trinajstić information content (AvgIpc) is 2.06. The zero-order valence-corrected chi connectivity index (χ0v) is 8.15. The van der Waals surface area contributed by atoms with Crippen LogP contribution in [0.15, 0.2) is 12.1 Å². The molecule has 0 saturated carbocycles. The minimum absolute atomic E-state index is 0.937. The molecule has 0 aliphatic heterocycles. The van der Waals surface area contributed by atoms with Gasteiger partial charge in [-0.2, -0.15) is 0 Å².